The SMILES string of the molecule is NC[C@H]1CCC[C@H]1C(=O)NCC(O)c1cc(Cl)c2c(c1)OCCO2. The zero-order chi connectivity index (χ0) is 17.1. The summed E-state index contributed by atoms with van der Waals surface area (Å²) in [6.07, 6.45) is 2.02. The highest BCUT2D eigenvalue weighted by Gasteiger charge is 2.32. The molecule has 1 aromatic rings. The van der Waals surface area contributed by atoms with E-state index in [-0.39, 0.29) is 24.3 Å². The van der Waals surface area contributed by atoms with Crippen LogP contribution in [0.4, 0.5) is 0 Å². The summed E-state index contributed by atoms with van der Waals surface area (Å²) < 4.78 is 11.0. The van der Waals surface area contributed by atoms with Crippen LogP contribution in [0.25, 0.3) is 0 Å². The van der Waals surface area contributed by atoms with E-state index in [2.05, 4.69) is 5.32 Å². The van der Waals surface area contributed by atoms with Crippen molar-refractivity contribution in [1.82, 2.24) is 5.32 Å². The molecule has 0 aromatic heterocycles. The van der Waals surface area contributed by atoms with Gasteiger partial charge in [-0.1, -0.05) is 18.0 Å². The van der Waals surface area contributed by atoms with Gasteiger partial charge < -0.3 is 25.6 Å². The molecule has 1 saturated carbocycles. The third-order valence-corrected chi connectivity index (χ3v) is 5.05. The molecule has 4 N–H and O–H groups in total. The highest BCUT2D eigenvalue weighted by Crippen LogP contribution is 2.39. The molecule has 0 saturated heterocycles. The number of halogens is 1. The van der Waals surface area contributed by atoms with Gasteiger partial charge >= 0.3 is 0 Å². The number of fused-ring (bicyclic) bond motifs is 1. The number of benzene rings is 1. The first-order chi connectivity index (χ1) is 11.6. The first kappa shape index (κ1) is 17.3. The van der Waals surface area contributed by atoms with E-state index in [4.69, 9.17) is 26.8 Å². The number of amides is 1. The fourth-order valence-corrected chi connectivity index (χ4v) is 3.71. The molecule has 3 rings (SSSR count). The van der Waals surface area contributed by atoms with E-state index in [1.165, 1.54) is 0 Å². The molecule has 7 heteroatoms. The molecule has 1 aromatic carbocycles. The maximum atomic E-state index is 12.3. The summed E-state index contributed by atoms with van der Waals surface area (Å²) in [6, 6.07) is 3.35. The van der Waals surface area contributed by atoms with Crippen LogP contribution in [-0.4, -0.2) is 37.3 Å². The van der Waals surface area contributed by atoms with Crippen molar-refractivity contribution in [2.75, 3.05) is 26.3 Å². The Hall–Kier alpha value is -1.50. The van der Waals surface area contributed by atoms with Crippen LogP contribution in [0.5, 0.6) is 11.5 Å². The Morgan fingerprint density at radius 1 is 1.38 bits per heavy atom. The van der Waals surface area contributed by atoms with Gasteiger partial charge in [0.2, 0.25) is 5.91 Å². The number of ether oxygens (including phenoxy) is 2. The molecular weight excluding hydrogens is 332 g/mol. The predicted octanol–water partition coefficient (Wildman–Crippen LogP) is 1.64. The van der Waals surface area contributed by atoms with Gasteiger partial charge in [-0.3, -0.25) is 4.79 Å². The monoisotopic (exact) mass is 354 g/mol. The van der Waals surface area contributed by atoms with Crippen molar-refractivity contribution < 1.29 is 19.4 Å². The van der Waals surface area contributed by atoms with E-state index in [0.717, 1.165) is 19.3 Å². The lowest BCUT2D eigenvalue weighted by Gasteiger charge is -2.22. The third kappa shape index (κ3) is 3.61. The first-order valence-corrected chi connectivity index (χ1v) is 8.73. The van der Waals surface area contributed by atoms with Crippen LogP contribution in [0.2, 0.25) is 5.02 Å². The number of carbonyl (C=O) groups is 1. The highest BCUT2D eigenvalue weighted by atomic mass is 35.5. The average molecular weight is 355 g/mol. The largest absolute Gasteiger partial charge is 0.486 e. The molecule has 1 fully saturated rings. The number of hydrogen-bond acceptors (Lipinski definition) is 5. The number of aliphatic hydroxyl groups is 1. The summed E-state index contributed by atoms with van der Waals surface area (Å²) >= 11 is 6.18. The lowest BCUT2D eigenvalue weighted by molar-refractivity contribution is -0.126. The molecule has 1 heterocycles. The Morgan fingerprint density at radius 2 is 2.17 bits per heavy atom. The molecule has 0 bridgehead atoms. The topological polar surface area (TPSA) is 93.8 Å². The minimum atomic E-state index is -0.861. The molecule has 2 aliphatic rings. The van der Waals surface area contributed by atoms with E-state index >= 15 is 0 Å². The van der Waals surface area contributed by atoms with Crippen LogP contribution in [0.1, 0.15) is 30.9 Å². The number of rotatable bonds is 5. The number of nitrogens with one attached hydrogen (secondary N) is 1. The molecule has 1 aliphatic carbocycles. The van der Waals surface area contributed by atoms with Gasteiger partial charge in [-0.15, -0.1) is 0 Å². The number of hydrogen-bond donors (Lipinski definition) is 3. The van der Waals surface area contributed by atoms with Gasteiger partial charge in [0.05, 0.1) is 11.1 Å². The minimum Gasteiger partial charge on any atom is -0.486 e. The Morgan fingerprint density at radius 3 is 2.96 bits per heavy atom. The normalized spacial score (nSPS) is 23.8. The van der Waals surface area contributed by atoms with Gasteiger partial charge in [0.15, 0.2) is 11.5 Å². The Kier molecular flexibility index (Phi) is 5.48. The van der Waals surface area contributed by atoms with E-state index in [1.807, 2.05) is 0 Å². The van der Waals surface area contributed by atoms with E-state index < -0.39 is 6.10 Å². The summed E-state index contributed by atoms with van der Waals surface area (Å²) in [4.78, 5) is 12.3. The molecule has 24 heavy (non-hydrogen) atoms. The summed E-state index contributed by atoms with van der Waals surface area (Å²) in [5.74, 6) is 1.18. The van der Waals surface area contributed by atoms with Crippen LogP contribution < -0.4 is 20.5 Å². The molecular formula is C17H23ClN2O4. The second kappa shape index (κ2) is 7.59. The second-order valence-corrected chi connectivity index (χ2v) is 6.73. The van der Waals surface area contributed by atoms with Gasteiger partial charge in [-0.25, -0.2) is 0 Å². The molecule has 1 unspecified atom stereocenters. The molecule has 0 spiro atoms. The van der Waals surface area contributed by atoms with Gasteiger partial charge in [-0.2, -0.15) is 0 Å². The zero-order valence-corrected chi connectivity index (χ0v) is 14.2. The van der Waals surface area contributed by atoms with Crippen molar-refractivity contribution in [2.24, 2.45) is 17.6 Å². The summed E-state index contributed by atoms with van der Waals surface area (Å²) in [6.45, 7) is 1.55. The number of nitrogens with two attached hydrogens (primary N) is 1. The third-order valence-electron chi connectivity index (χ3n) is 4.77. The molecule has 1 amide bonds. The Balaban J connectivity index is 1.62. The molecule has 132 valence electrons. The quantitative estimate of drug-likeness (QED) is 0.747. The molecule has 3 atom stereocenters. The van der Waals surface area contributed by atoms with Gasteiger partial charge in [0.1, 0.15) is 13.2 Å². The van der Waals surface area contributed by atoms with Crippen LogP contribution in [0.15, 0.2) is 12.1 Å². The van der Waals surface area contributed by atoms with Crippen LogP contribution in [0, 0.1) is 11.8 Å². The lowest BCUT2D eigenvalue weighted by atomic mass is 9.95. The van der Waals surface area contributed by atoms with Crippen molar-refractivity contribution in [2.45, 2.75) is 25.4 Å². The van der Waals surface area contributed by atoms with E-state index in [0.29, 0.717) is 41.8 Å². The second-order valence-electron chi connectivity index (χ2n) is 6.32. The maximum absolute atomic E-state index is 12.3. The van der Waals surface area contributed by atoms with Crippen molar-refractivity contribution in [3.63, 3.8) is 0 Å². The van der Waals surface area contributed by atoms with Gasteiger partial charge in [-0.05, 0) is 43.0 Å². The van der Waals surface area contributed by atoms with Crippen molar-refractivity contribution in [1.29, 1.82) is 0 Å². The van der Waals surface area contributed by atoms with Crippen LogP contribution in [0.3, 0.4) is 0 Å². The summed E-state index contributed by atoms with van der Waals surface area (Å²) in [5.41, 5.74) is 6.31. The Bertz CT molecular complexity index is 610. The fraction of sp³-hybridized carbons (Fsp3) is 0.588. The summed E-state index contributed by atoms with van der Waals surface area (Å²) in [5, 5.41) is 13.6. The molecule has 6 nitrogen and oxygen atoms in total. The lowest BCUT2D eigenvalue weighted by Crippen LogP contribution is -2.37. The number of carbonyl (C=O) groups excluding carboxylic acids is 1. The zero-order valence-electron chi connectivity index (χ0n) is 13.5. The number of aliphatic hydroxyl groups excluding tert-OH is 1. The van der Waals surface area contributed by atoms with Gasteiger partial charge in [0.25, 0.3) is 0 Å². The van der Waals surface area contributed by atoms with E-state index in [1.54, 1.807) is 12.1 Å². The molecule has 0 radical (unpaired) electrons. The van der Waals surface area contributed by atoms with Crippen molar-refractivity contribution in [3.8, 4) is 11.5 Å². The Labute approximate surface area is 146 Å². The van der Waals surface area contributed by atoms with Gasteiger partial charge in [0, 0.05) is 12.5 Å². The highest BCUT2D eigenvalue weighted by molar-refractivity contribution is 6.32. The first-order valence-electron chi connectivity index (χ1n) is 8.35. The van der Waals surface area contributed by atoms with Crippen LogP contribution >= 0.6 is 11.6 Å². The smallest absolute Gasteiger partial charge is 0.223 e. The predicted molar refractivity (Wildman–Crippen MR) is 90.3 cm³/mol. The fourth-order valence-electron chi connectivity index (χ4n) is 3.43. The van der Waals surface area contributed by atoms with Crippen molar-refractivity contribution >= 4 is 17.5 Å². The van der Waals surface area contributed by atoms with Crippen LogP contribution in [-0.2, 0) is 4.79 Å². The maximum Gasteiger partial charge on any atom is 0.223 e. The van der Waals surface area contributed by atoms with E-state index in [9.17, 15) is 9.90 Å². The molecule has 1 aliphatic heterocycles. The summed E-state index contributed by atoms with van der Waals surface area (Å²) in [7, 11) is 0. The standard InChI is InChI=1S/C17H23ClN2O4/c18-13-6-11(7-15-16(13)24-5-4-23-15)14(21)9-20-17(22)12-3-1-2-10(12)8-19/h6-7,10,12,14,21H,1-5,8-9,19H2,(H,20,22)/t10-,12-,14?/m1/s1. The van der Waals surface area contributed by atoms with Crippen molar-refractivity contribution in [3.05, 3.63) is 22.7 Å². The average Bonchev–Trinajstić information content (AvgIpc) is 3.08. The minimum absolute atomic E-state index is 0.0364.